The summed E-state index contributed by atoms with van der Waals surface area (Å²) in [6.45, 7) is 1.35. The molecule has 106 valence electrons. The number of rotatable bonds is 2. The summed E-state index contributed by atoms with van der Waals surface area (Å²) in [5.41, 5.74) is 1.61. The molecule has 1 aromatic carbocycles. The van der Waals surface area contributed by atoms with Crippen molar-refractivity contribution in [2.45, 2.75) is 12.8 Å². The third kappa shape index (κ3) is 2.82. The molecular weight excluding hydrogens is 264 g/mol. The van der Waals surface area contributed by atoms with Gasteiger partial charge in [-0.2, -0.15) is 0 Å². The zero-order valence-electron chi connectivity index (χ0n) is 11.7. The van der Waals surface area contributed by atoms with Crippen LogP contribution in [0.1, 0.15) is 23.4 Å². The number of nitrogens with zero attached hydrogens (tertiary/aromatic N) is 2. The third-order valence-electron chi connectivity index (χ3n) is 3.81. The largest absolute Gasteiger partial charge is 0.350 e. The minimum atomic E-state index is -0.111. The molecule has 1 saturated heterocycles. The van der Waals surface area contributed by atoms with Crippen LogP contribution in [0.3, 0.4) is 0 Å². The Kier molecular flexibility index (Phi) is 3.74. The maximum Gasteiger partial charge on any atom is 0.292 e. The Bertz CT molecular complexity index is 662. The van der Waals surface area contributed by atoms with E-state index in [1.165, 1.54) is 0 Å². The predicted octanol–water partition coefficient (Wildman–Crippen LogP) is 2.83. The molecule has 0 unspecified atom stereocenters. The molecule has 1 amide bonds. The van der Waals surface area contributed by atoms with E-state index in [1.807, 2.05) is 30.3 Å². The fraction of sp³-hybridized carbons (Fsp3) is 0.294. The number of amides is 1. The van der Waals surface area contributed by atoms with Crippen LogP contribution in [0, 0.1) is 18.3 Å². The first kappa shape index (κ1) is 13.4. The van der Waals surface area contributed by atoms with Crippen LogP contribution in [0.4, 0.5) is 0 Å². The van der Waals surface area contributed by atoms with Gasteiger partial charge in [0.2, 0.25) is 5.76 Å². The number of carbonyl (C=O) groups is 1. The van der Waals surface area contributed by atoms with Crippen LogP contribution in [0.25, 0.3) is 11.3 Å². The zero-order chi connectivity index (χ0) is 14.7. The maximum absolute atomic E-state index is 12.4. The molecule has 21 heavy (non-hydrogen) atoms. The van der Waals surface area contributed by atoms with E-state index in [0.717, 1.165) is 18.4 Å². The molecule has 3 rings (SSSR count). The van der Waals surface area contributed by atoms with Gasteiger partial charge in [0.1, 0.15) is 5.69 Å². The van der Waals surface area contributed by atoms with Crippen molar-refractivity contribution in [2.24, 2.45) is 5.92 Å². The smallest absolute Gasteiger partial charge is 0.292 e. The van der Waals surface area contributed by atoms with Gasteiger partial charge in [-0.3, -0.25) is 4.79 Å². The lowest BCUT2D eigenvalue weighted by atomic mass is 9.98. The Hall–Kier alpha value is -2.54. The SMILES string of the molecule is C#CC1CCN(C(=O)c2cc(-c3ccccc3)no2)CC1. The van der Waals surface area contributed by atoms with E-state index in [4.69, 9.17) is 10.9 Å². The first-order valence-electron chi connectivity index (χ1n) is 7.05. The number of benzene rings is 1. The second-order valence-electron chi connectivity index (χ2n) is 5.18. The van der Waals surface area contributed by atoms with Crippen LogP contribution < -0.4 is 0 Å². The molecule has 4 nitrogen and oxygen atoms in total. The van der Waals surface area contributed by atoms with Gasteiger partial charge < -0.3 is 9.42 Å². The lowest BCUT2D eigenvalue weighted by Crippen LogP contribution is -2.38. The van der Waals surface area contributed by atoms with Crippen molar-refractivity contribution < 1.29 is 9.32 Å². The molecule has 0 radical (unpaired) electrons. The topological polar surface area (TPSA) is 46.3 Å². The Labute approximate surface area is 123 Å². The molecule has 0 atom stereocenters. The van der Waals surface area contributed by atoms with Gasteiger partial charge in [-0.25, -0.2) is 0 Å². The standard InChI is InChI=1S/C17H16N2O2/c1-2-13-8-10-19(11-9-13)17(20)16-12-15(18-21-16)14-6-4-3-5-7-14/h1,3-7,12-13H,8-11H2. The summed E-state index contributed by atoms with van der Waals surface area (Å²) >= 11 is 0. The summed E-state index contributed by atoms with van der Waals surface area (Å²) in [4.78, 5) is 14.2. The van der Waals surface area contributed by atoms with Crippen molar-refractivity contribution >= 4 is 5.91 Å². The van der Waals surface area contributed by atoms with E-state index in [2.05, 4.69) is 11.1 Å². The number of carbonyl (C=O) groups excluding carboxylic acids is 1. The Morgan fingerprint density at radius 3 is 2.67 bits per heavy atom. The Morgan fingerprint density at radius 2 is 2.00 bits per heavy atom. The van der Waals surface area contributed by atoms with Crippen LogP contribution >= 0.6 is 0 Å². The average Bonchev–Trinajstić information content (AvgIpc) is 3.05. The Morgan fingerprint density at radius 1 is 1.29 bits per heavy atom. The predicted molar refractivity (Wildman–Crippen MR) is 79.4 cm³/mol. The van der Waals surface area contributed by atoms with Crippen LogP contribution in [-0.2, 0) is 0 Å². The summed E-state index contributed by atoms with van der Waals surface area (Å²) < 4.78 is 5.21. The normalized spacial score (nSPS) is 15.7. The number of hydrogen-bond donors (Lipinski definition) is 0. The van der Waals surface area contributed by atoms with E-state index >= 15 is 0 Å². The third-order valence-corrected chi connectivity index (χ3v) is 3.81. The van der Waals surface area contributed by atoms with E-state index in [-0.39, 0.29) is 17.6 Å². The number of piperidine rings is 1. The van der Waals surface area contributed by atoms with Gasteiger partial charge >= 0.3 is 0 Å². The number of terminal acetylenes is 1. The summed E-state index contributed by atoms with van der Waals surface area (Å²) in [6, 6.07) is 11.4. The molecule has 1 aliphatic heterocycles. The van der Waals surface area contributed by atoms with Crippen molar-refractivity contribution in [1.82, 2.24) is 10.1 Å². The van der Waals surface area contributed by atoms with Crippen molar-refractivity contribution in [3.05, 3.63) is 42.2 Å². The lowest BCUT2D eigenvalue weighted by Gasteiger charge is -2.28. The number of hydrogen-bond acceptors (Lipinski definition) is 3. The maximum atomic E-state index is 12.4. The van der Waals surface area contributed by atoms with Crippen molar-refractivity contribution in [2.75, 3.05) is 13.1 Å². The van der Waals surface area contributed by atoms with Gasteiger partial charge in [-0.05, 0) is 12.8 Å². The van der Waals surface area contributed by atoms with E-state index in [9.17, 15) is 4.79 Å². The highest BCUT2D eigenvalue weighted by Crippen LogP contribution is 2.22. The highest BCUT2D eigenvalue weighted by molar-refractivity contribution is 5.92. The zero-order valence-corrected chi connectivity index (χ0v) is 11.7. The summed E-state index contributed by atoms with van der Waals surface area (Å²) in [6.07, 6.45) is 7.12. The van der Waals surface area contributed by atoms with Crippen molar-refractivity contribution in [3.8, 4) is 23.6 Å². The van der Waals surface area contributed by atoms with Gasteiger partial charge in [0.15, 0.2) is 0 Å². The molecular formula is C17H16N2O2. The van der Waals surface area contributed by atoms with Gasteiger partial charge in [0, 0.05) is 30.6 Å². The van der Waals surface area contributed by atoms with Crippen LogP contribution in [0.2, 0.25) is 0 Å². The van der Waals surface area contributed by atoms with E-state index in [0.29, 0.717) is 18.8 Å². The molecule has 1 aliphatic rings. The van der Waals surface area contributed by atoms with Crippen LogP contribution in [-0.4, -0.2) is 29.1 Å². The summed E-state index contributed by atoms with van der Waals surface area (Å²) in [5, 5.41) is 3.98. The Balaban J connectivity index is 1.72. The highest BCUT2D eigenvalue weighted by Gasteiger charge is 2.25. The number of likely N-dealkylation sites (tertiary alicyclic amines) is 1. The molecule has 1 fully saturated rings. The molecule has 2 heterocycles. The minimum Gasteiger partial charge on any atom is -0.350 e. The molecule has 0 saturated carbocycles. The fourth-order valence-electron chi connectivity index (χ4n) is 2.53. The van der Waals surface area contributed by atoms with Gasteiger partial charge in [-0.15, -0.1) is 12.3 Å². The molecule has 0 spiro atoms. The second-order valence-corrected chi connectivity index (χ2v) is 5.18. The van der Waals surface area contributed by atoms with E-state index in [1.54, 1.807) is 11.0 Å². The van der Waals surface area contributed by atoms with Crippen LogP contribution in [0.5, 0.6) is 0 Å². The lowest BCUT2D eigenvalue weighted by molar-refractivity contribution is 0.0666. The monoisotopic (exact) mass is 280 g/mol. The fourth-order valence-corrected chi connectivity index (χ4v) is 2.53. The first-order valence-corrected chi connectivity index (χ1v) is 7.05. The van der Waals surface area contributed by atoms with Gasteiger partial charge in [0.05, 0.1) is 0 Å². The second kappa shape index (κ2) is 5.84. The number of aromatic nitrogens is 1. The van der Waals surface area contributed by atoms with Crippen molar-refractivity contribution in [3.63, 3.8) is 0 Å². The van der Waals surface area contributed by atoms with Gasteiger partial charge in [0.25, 0.3) is 5.91 Å². The quantitative estimate of drug-likeness (QED) is 0.795. The molecule has 0 N–H and O–H groups in total. The van der Waals surface area contributed by atoms with Crippen molar-refractivity contribution in [1.29, 1.82) is 0 Å². The molecule has 0 bridgehead atoms. The molecule has 4 heteroatoms. The molecule has 1 aromatic heterocycles. The van der Waals surface area contributed by atoms with Gasteiger partial charge in [-0.1, -0.05) is 35.5 Å². The molecule has 0 aliphatic carbocycles. The average molecular weight is 280 g/mol. The minimum absolute atomic E-state index is 0.111. The van der Waals surface area contributed by atoms with Crippen LogP contribution in [0.15, 0.2) is 40.9 Å². The first-order chi connectivity index (χ1) is 10.3. The van der Waals surface area contributed by atoms with E-state index < -0.39 is 0 Å². The summed E-state index contributed by atoms with van der Waals surface area (Å²) in [7, 11) is 0. The highest BCUT2D eigenvalue weighted by atomic mass is 16.5. The molecule has 2 aromatic rings. The summed E-state index contributed by atoms with van der Waals surface area (Å²) in [5.74, 6) is 3.21.